The molecule has 0 saturated heterocycles. The zero-order chi connectivity index (χ0) is 11.8. The van der Waals surface area contributed by atoms with Crippen molar-refractivity contribution in [2.75, 3.05) is 19.8 Å². The van der Waals surface area contributed by atoms with E-state index < -0.39 is 0 Å². The van der Waals surface area contributed by atoms with E-state index in [4.69, 9.17) is 4.74 Å². The highest BCUT2D eigenvalue weighted by atomic mass is 79.9. The monoisotopic (exact) mass is 285 g/mol. The van der Waals surface area contributed by atoms with Crippen LogP contribution in [0, 0.1) is 0 Å². The Morgan fingerprint density at radius 1 is 1.19 bits per heavy atom. The van der Waals surface area contributed by atoms with E-state index in [-0.39, 0.29) is 0 Å². The van der Waals surface area contributed by atoms with Crippen molar-refractivity contribution >= 4 is 15.9 Å². The maximum atomic E-state index is 5.54. The van der Waals surface area contributed by atoms with Crippen LogP contribution in [-0.2, 0) is 11.2 Å². The summed E-state index contributed by atoms with van der Waals surface area (Å²) in [5, 5.41) is 3.32. The molecule has 0 aliphatic rings. The second kappa shape index (κ2) is 7.82. The van der Waals surface area contributed by atoms with Gasteiger partial charge in [-0.1, -0.05) is 41.9 Å². The number of hydrogen-bond donors (Lipinski definition) is 1. The highest BCUT2D eigenvalue weighted by Crippen LogP contribution is 2.10. The molecule has 2 nitrogen and oxygen atoms in total. The first-order valence-corrected chi connectivity index (χ1v) is 6.53. The van der Waals surface area contributed by atoms with Gasteiger partial charge in [-0.05, 0) is 24.1 Å². The molecule has 0 spiro atoms. The lowest BCUT2D eigenvalue weighted by atomic mass is 10.2. The zero-order valence-electron chi connectivity index (χ0n) is 10.0. The van der Waals surface area contributed by atoms with Gasteiger partial charge in [-0.3, -0.25) is 0 Å². The predicted molar refractivity (Wildman–Crippen MR) is 71.8 cm³/mol. The van der Waals surface area contributed by atoms with Gasteiger partial charge >= 0.3 is 0 Å². The summed E-state index contributed by atoms with van der Waals surface area (Å²) in [5.41, 5.74) is 1.32. The molecule has 0 radical (unpaired) electrons. The maximum absolute atomic E-state index is 5.54. The smallest absolute Gasteiger partial charge is 0.0591 e. The summed E-state index contributed by atoms with van der Waals surface area (Å²) in [7, 11) is 0. The lowest BCUT2D eigenvalue weighted by Crippen LogP contribution is -2.26. The van der Waals surface area contributed by atoms with Crippen LogP contribution >= 0.6 is 15.9 Å². The van der Waals surface area contributed by atoms with Crippen molar-refractivity contribution in [1.82, 2.24) is 5.32 Å². The third-order valence-electron chi connectivity index (χ3n) is 2.25. The van der Waals surface area contributed by atoms with Gasteiger partial charge in [-0.2, -0.15) is 0 Å². The van der Waals surface area contributed by atoms with E-state index in [2.05, 4.69) is 59.4 Å². The Morgan fingerprint density at radius 2 is 1.88 bits per heavy atom. The first-order valence-electron chi connectivity index (χ1n) is 5.74. The van der Waals surface area contributed by atoms with Crippen LogP contribution in [0.4, 0.5) is 0 Å². The summed E-state index contributed by atoms with van der Waals surface area (Å²) in [4.78, 5) is 0. The van der Waals surface area contributed by atoms with Crippen molar-refractivity contribution in [2.45, 2.75) is 26.3 Å². The average molecular weight is 286 g/mol. The highest BCUT2D eigenvalue weighted by molar-refractivity contribution is 9.10. The molecule has 0 aromatic heterocycles. The molecule has 1 aromatic rings. The van der Waals surface area contributed by atoms with Gasteiger partial charge in [0, 0.05) is 17.1 Å². The number of ether oxygens (including phenoxy) is 1. The molecule has 0 unspecified atom stereocenters. The summed E-state index contributed by atoms with van der Waals surface area (Å²) in [6.45, 7) is 6.79. The summed E-state index contributed by atoms with van der Waals surface area (Å²) in [5.74, 6) is 0. The van der Waals surface area contributed by atoms with Crippen molar-refractivity contribution in [3.05, 3.63) is 34.3 Å². The van der Waals surface area contributed by atoms with Crippen molar-refractivity contribution in [2.24, 2.45) is 0 Å². The van der Waals surface area contributed by atoms with Crippen LogP contribution in [0.1, 0.15) is 19.4 Å². The molecule has 0 bridgehead atoms. The van der Waals surface area contributed by atoms with Crippen molar-refractivity contribution in [3.8, 4) is 0 Å². The average Bonchev–Trinajstić information content (AvgIpc) is 2.25. The van der Waals surface area contributed by atoms with Crippen molar-refractivity contribution in [1.29, 1.82) is 0 Å². The molecule has 0 atom stereocenters. The zero-order valence-corrected chi connectivity index (χ0v) is 11.6. The SMILES string of the molecule is CC(C)NCCOCCc1ccc(Br)cc1. The molecule has 1 N–H and O–H groups in total. The van der Waals surface area contributed by atoms with E-state index in [1.54, 1.807) is 0 Å². The van der Waals surface area contributed by atoms with E-state index in [0.717, 1.165) is 30.7 Å². The number of halogens is 1. The van der Waals surface area contributed by atoms with Gasteiger partial charge in [0.15, 0.2) is 0 Å². The molecule has 0 aliphatic carbocycles. The molecule has 0 amide bonds. The van der Waals surface area contributed by atoms with Gasteiger partial charge < -0.3 is 10.1 Å². The minimum atomic E-state index is 0.537. The van der Waals surface area contributed by atoms with Gasteiger partial charge in [0.2, 0.25) is 0 Å². The summed E-state index contributed by atoms with van der Waals surface area (Å²) < 4.78 is 6.67. The number of nitrogens with one attached hydrogen (secondary N) is 1. The highest BCUT2D eigenvalue weighted by Gasteiger charge is 1.95. The Hall–Kier alpha value is -0.380. The molecule has 0 aliphatic heterocycles. The number of benzene rings is 1. The number of rotatable bonds is 7. The van der Waals surface area contributed by atoms with Crippen LogP contribution in [0.15, 0.2) is 28.7 Å². The maximum Gasteiger partial charge on any atom is 0.0591 e. The summed E-state index contributed by atoms with van der Waals surface area (Å²) >= 11 is 3.42. The molecule has 0 heterocycles. The van der Waals surface area contributed by atoms with Gasteiger partial charge in [-0.15, -0.1) is 0 Å². The van der Waals surface area contributed by atoms with Gasteiger partial charge in [0.1, 0.15) is 0 Å². The molecular weight excluding hydrogens is 266 g/mol. The molecular formula is C13H20BrNO. The second-order valence-corrected chi connectivity index (χ2v) is 5.01. The summed E-state index contributed by atoms with van der Waals surface area (Å²) in [6, 6.07) is 8.92. The predicted octanol–water partition coefficient (Wildman–Crippen LogP) is 3.01. The van der Waals surface area contributed by atoms with Crippen LogP contribution in [0.2, 0.25) is 0 Å². The van der Waals surface area contributed by atoms with E-state index in [1.165, 1.54) is 5.56 Å². The largest absolute Gasteiger partial charge is 0.380 e. The molecule has 90 valence electrons. The second-order valence-electron chi connectivity index (χ2n) is 4.10. The fraction of sp³-hybridized carbons (Fsp3) is 0.538. The third kappa shape index (κ3) is 6.26. The Morgan fingerprint density at radius 3 is 2.50 bits per heavy atom. The molecule has 0 saturated carbocycles. The molecule has 16 heavy (non-hydrogen) atoms. The fourth-order valence-electron chi connectivity index (χ4n) is 1.36. The normalized spacial score (nSPS) is 11.0. The van der Waals surface area contributed by atoms with Crippen LogP contribution in [-0.4, -0.2) is 25.8 Å². The quantitative estimate of drug-likeness (QED) is 0.778. The van der Waals surface area contributed by atoms with Crippen LogP contribution in [0.3, 0.4) is 0 Å². The van der Waals surface area contributed by atoms with E-state index in [0.29, 0.717) is 6.04 Å². The van der Waals surface area contributed by atoms with Crippen LogP contribution in [0.5, 0.6) is 0 Å². The molecule has 3 heteroatoms. The van der Waals surface area contributed by atoms with Crippen molar-refractivity contribution in [3.63, 3.8) is 0 Å². The van der Waals surface area contributed by atoms with E-state index in [1.807, 2.05) is 0 Å². The first-order chi connectivity index (χ1) is 7.68. The molecule has 0 fully saturated rings. The van der Waals surface area contributed by atoms with Crippen molar-refractivity contribution < 1.29 is 4.74 Å². The Kier molecular flexibility index (Phi) is 6.69. The Balaban J connectivity index is 2.05. The first kappa shape index (κ1) is 13.7. The molecule has 1 aromatic carbocycles. The standard InChI is InChI=1S/C13H20BrNO/c1-11(2)15-8-10-16-9-7-12-3-5-13(14)6-4-12/h3-6,11,15H,7-10H2,1-2H3. The third-order valence-corrected chi connectivity index (χ3v) is 2.78. The van der Waals surface area contributed by atoms with E-state index in [9.17, 15) is 0 Å². The fourth-order valence-corrected chi connectivity index (χ4v) is 1.63. The lowest BCUT2D eigenvalue weighted by Gasteiger charge is -2.08. The topological polar surface area (TPSA) is 21.3 Å². The van der Waals surface area contributed by atoms with Crippen LogP contribution < -0.4 is 5.32 Å². The summed E-state index contributed by atoms with van der Waals surface area (Å²) in [6.07, 6.45) is 0.981. The Labute approximate surface area is 107 Å². The minimum Gasteiger partial charge on any atom is -0.380 e. The van der Waals surface area contributed by atoms with Gasteiger partial charge in [-0.25, -0.2) is 0 Å². The van der Waals surface area contributed by atoms with Gasteiger partial charge in [0.25, 0.3) is 0 Å². The minimum absolute atomic E-state index is 0.537. The lowest BCUT2D eigenvalue weighted by molar-refractivity contribution is 0.137. The van der Waals surface area contributed by atoms with Gasteiger partial charge in [0.05, 0.1) is 13.2 Å². The Bertz CT molecular complexity index is 284. The number of hydrogen-bond acceptors (Lipinski definition) is 2. The molecule has 1 rings (SSSR count). The van der Waals surface area contributed by atoms with Crippen LogP contribution in [0.25, 0.3) is 0 Å². The van der Waals surface area contributed by atoms with E-state index >= 15 is 0 Å².